The van der Waals surface area contributed by atoms with Gasteiger partial charge in [0.25, 0.3) is 11.8 Å². The van der Waals surface area contributed by atoms with Crippen LogP contribution in [0.1, 0.15) is 90.8 Å². The van der Waals surface area contributed by atoms with E-state index in [2.05, 4.69) is 31.2 Å². The molecule has 0 radical (unpaired) electrons. The van der Waals surface area contributed by atoms with Gasteiger partial charge in [-0.3, -0.25) is 43.4 Å². The predicted octanol–water partition coefficient (Wildman–Crippen LogP) is 2.14. The van der Waals surface area contributed by atoms with Crippen molar-refractivity contribution in [2.75, 3.05) is 81.0 Å². The van der Waals surface area contributed by atoms with Gasteiger partial charge in [0.1, 0.15) is 17.8 Å². The zero-order valence-electron chi connectivity index (χ0n) is 47.3. The fraction of sp³-hybridized carbons (Fsp3) is 0.696. The van der Waals surface area contributed by atoms with Crippen LogP contribution in [0, 0.1) is 23.7 Å². The summed E-state index contributed by atoms with van der Waals surface area (Å²) in [6, 6.07) is 6.98. The number of nitrogens with one attached hydrogen (secondary N) is 3. The Bertz CT molecular complexity index is 2320. The van der Waals surface area contributed by atoms with Gasteiger partial charge in [0.2, 0.25) is 29.5 Å². The van der Waals surface area contributed by atoms with E-state index in [0.29, 0.717) is 70.0 Å². The summed E-state index contributed by atoms with van der Waals surface area (Å²) in [6.07, 6.45) is 8.12. The molecule has 2 aromatic rings. The molecule has 1 saturated carbocycles. The number of aromatic nitrogens is 3. The van der Waals surface area contributed by atoms with E-state index < -0.39 is 48.2 Å². The molecule has 11 atom stereocenters. The van der Waals surface area contributed by atoms with Crippen molar-refractivity contribution in [2.24, 2.45) is 23.7 Å². The van der Waals surface area contributed by atoms with Gasteiger partial charge < -0.3 is 49.4 Å². The third kappa shape index (κ3) is 16.2. The number of rotatable bonds is 33. The number of hydrogen-bond donors (Lipinski definition) is 3. The SMILES string of the molecule is CC[C@H](C)[C@@H]([C@@H](CC(=O)N1CCC[C@H]1[C@H](OC)[C@@H](C)C(=O)N[C@@H](Cc1ccccc1)C(=O)NCCOCCOCCOCCn1cc(CN2C(=O)C=CC2=O)nn1)OC)N(C)C(=O)[C@@H](NC(=O)C1[C@H]2CC[C@H](C2)N1C)C(C)C. The van der Waals surface area contributed by atoms with Crippen LogP contribution in [-0.2, 0) is 76.8 Å². The fourth-order valence-corrected chi connectivity index (χ4v) is 11.6. The largest absolute Gasteiger partial charge is 0.379 e. The minimum Gasteiger partial charge on any atom is -0.379 e. The monoisotopic (exact) mass is 1090 g/mol. The Hall–Kier alpha value is -5.65. The standard InChI is InChI=1S/C56H86N10O12/c1-10-37(4)50(63(7)56(73)49(36(2)3)59-55(72)51-40-18-19-42(32-40)62(51)6)45(74-8)33-48(69)65-23-14-17-44(65)52(75-9)38(5)53(70)58-43(31-39-15-12-11-13-16-39)54(71)57-22-25-76-27-29-78-30-28-77-26-24-64-34-41(60-61-64)35-66-46(67)20-21-47(66)68/h11-13,15-16,20-21,34,36-38,40,42-45,49-52H,10,14,17-19,22-33,35H2,1-9H3,(H,57,71)(H,58,70)(H,59,72)/t37-,38+,40-,42+,43-,44-,45+,49-,50-,51?,52+/m0/s1. The van der Waals surface area contributed by atoms with Crippen molar-refractivity contribution >= 4 is 41.4 Å². The summed E-state index contributed by atoms with van der Waals surface area (Å²) < 4.78 is 30.7. The lowest BCUT2D eigenvalue weighted by Gasteiger charge is -2.41. The first-order chi connectivity index (χ1) is 37.5. The number of nitrogens with zero attached hydrogens (tertiary/aromatic N) is 7. The van der Waals surface area contributed by atoms with Gasteiger partial charge in [-0.25, -0.2) is 4.68 Å². The third-order valence-corrected chi connectivity index (χ3v) is 16.1. The molecule has 432 valence electrons. The molecule has 22 nitrogen and oxygen atoms in total. The highest BCUT2D eigenvalue weighted by Gasteiger charge is 2.49. The Morgan fingerprint density at radius 2 is 1.53 bits per heavy atom. The molecule has 3 fully saturated rings. The first kappa shape index (κ1) is 61.6. The van der Waals surface area contributed by atoms with Crippen molar-refractivity contribution < 1.29 is 57.2 Å². The summed E-state index contributed by atoms with van der Waals surface area (Å²) >= 11 is 0. The van der Waals surface area contributed by atoms with Gasteiger partial charge in [0.15, 0.2) is 0 Å². The first-order valence-corrected chi connectivity index (χ1v) is 27.9. The molecule has 2 bridgehead atoms. The van der Waals surface area contributed by atoms with E-state index in [-0.39, 0.29) is 92.5 Å². The Labute approximate surface area is 459 Å². The van der Waals surface area contributed by atoms with Gasteiger partial charge in [-0.05, 0) is 62.5 Å². The molecule has 1 aromatic carbocycles. The number of ether oxygens (including phenoxy) is 5. The lowest BCUT2D eigenvalue weighted by atomic mass is 9.89. The normalized spacial score (nSPS) is 21.9. The number of imide groups is 1. The van der Waals surface area contributed by atoms with Crippen molar-refractivity contribution in [1.82, 2.24) is 50.5 Å². The molecule has 6 rings (SSSR count). The third-order valence-electron chi connectivity index (χ3n) is 16.1. The highest BCUT2D eigenvalue weighted by molar-refractivity contribution is 6.12. The number of likely N-dealkylation sites (tertiary alicyclic amines) is 2. The van der Waals surface area contributed by atoms with Crippen LogP contribution in [0.15, 0.2) is 48.7 Å². The maximum absolute atomic E-state index is 14.5. The van der Waals surface area contributed by atoms with E-state index in [4.69, 9.17) is 23.7 Å². The average molecular weight is 1090 g/mol. The molecule has 3 aliphatic heterocycles. The number of likely N-dealkylation sites (N-methyl/N-ethyl adjacent to an activating group) is 2. The lowest BCUT2D eigenvalue weighted by Crippen LogP contribution is -2.60. The topological polar surface area (TPSA) is 245 Å². The Morgan fingerprint density at radius 1 is 0.846 bits per heavy atom. The molecule has 1 unspecified atom stereocenters. The molecule has 4 heterocycles. The van der Waals surface area contributed by atoms with Crippen molar-refractivity contribution in [3.05, 3.63) is 59.9 Å². The number of hydrogen-bond acceptors (Lipinski definition) is 15. The number of methoxy groups -OCH3 is 2. The van der Waals surface area contributed by atoms with E-state index in [1.54, 1.807) is 41.8 Å². The van der Waals surface area contributed by atoms with Crippen molar-refractivity contribution in [3.63, 3.8) is 0 Å². The molecule has 7 amide bonds. The summed E-state index contributed by atoms with van der Waals surface area (Å²) in [5.74, 6) is -2.73. The summed E-state index contributed by atoms with van der Waals surface area (Å²) in [7, 11) is 6.84. The molecule has 22 heteroatoms. The zero-order chi connectivity index (χ0) is 56.5. The van der Waals surface area contributed by atoms with E-state index in [1.165, 1.54) is 19.3 Å². The van der Waals surface area contributed by atoms with Crippen LogP contribution in [0.2, 0.25) is 0 Å². The van der Waals surface area contributed by atoms with Crippen molar-refractivity contribution in [2.45, 2.75) is 148 Å². The summed E-state index contributed by atoms with van der Waals surface area (Å²) in [4.78, 5) is 101. The van der Waals surface area contributed by atoms with Crippen LogP contribution >= 0.6 is 0 Å². The molecule has 4 aliphatic rings. The minimum atomic E-state index is -0.914. The summed E-state index contributed by atoms with van der Waals surface area (Å²) in [6.45, 7) is 12.7. The van der Waals surface area contributed by atoms with Crippen LogP contribution in [0.3, 0.4) is 0 Å². The van der Waals surface area contributed by atoms with Gasteiger partial charge in [0, 0.05) is 59.0 Å². The highest BCUT2D eigenvalue weighted by atomic mass is 16.5. The maximum atomic E-state index is 14.5. The van der Waals surface area contributed by atoms with E-state index >= 15 is 0 Å². The highest BCUT2D eigenvalue weighted by Crippen LogP contribution is 2.41. The second-order valence-electron chi connectivity index (χ2n) is 21.6. The number of piperidine rings is 1. The van der Waals surface area contributed by atoms with E-state index in [1.807, 2.05) is 65.1 Å². The van der Waals surface area contributed by atoms with Crippen molar-refractivity contribution in [1.29, 1.82) is 0 Å². The van der Waals surface area contributed by atoms with Crippen LogP contribution < -0.4 is 16.0 Å². The number of fused-ring (bicyclic) bond motifs is 2. The molecule has 1 aliphatic carbocycles. The van der Waals surface area contributed by atoms with Gasteiger partial charge in [-0.1, -0.05) is 76.6 Å². The summed E-state index contributed by atoms with van der Waals surface area (Å²) in [5, 5.41) is 17.1. The molecule has 2 saturated heterocycles. The number of benzene rings is 1. The van der Waals surface area contributed by atoms with Crippen LogP contribution in [0.4, 0.5) is 0 Å². The van der Waals surface area contributed by atoms with Crippen LogP contribution in [-0.4, -0.2) is 205 Å². The van der Waals surface area contributed by atoms with Crippen molar-refractivity contribution in [3.8, 4) is 0 Å². The predicted molar refractivity (Wildman–Crippen MR) is 288 cm³/mol. The second kappa shape index (κ2) is 30.1. The van der Waals surface area contributed by atoms with E-state index in [9.17, 15) is 33.6 Å². The molecular formula is C56H86N10O12. The molecule has 78 heavy (non-hydrogen) atoms. The quantitative estimate of drug-likeness (QED) is 0.0685. The van der Waals surface area contributed by atoms with Gasteiger partial charge in [0.05, 0.1) is 102 Å². The van der Waals surface area contributed by atoms with Crippen LogP contribution in [0.25, 0.3) is 0 Å². The minimum absolute atomic E-state index is 0.0122. The fourth-order valence-electron chi connectivity index (χ4n) is 11.6. The molecule has 1 aromatic heterocycles. The molecule has 0 spiro atoms. The number of amides is 7. The average Bonchev–Trinajstić information content (AvgIpc) is 4.31. The van der Waals surface area contributed by atoms with Gasteiger partial charge in [-0.2, -0.15) is 0 Å². The first-order valence-electron chi connectivity index (χ1n) is 27.9. The van der Waals surface area contributed by atoms with E-state index in [0.717, 1.165) is 36.1 Å². The van der Waals surface area contributed by atoms with Gasteiger partial charge >= 0.3 is 0 Å². The number of carbonyl (C=O) groups excluding carboxylic acids is 7. The van der Waals surface area contributed by atoms with Gasteiger partial charge in [-0.15, -0.1) is 5.10 Å². The molecular weight excluding hydrogens is 1000 g/mol. The maximum Gasteiger partial charge on any atom is 0.253 e. The smallest absolute Gasteiger partial charge is 0.253 e. The Balaban J connectivity index is 0.954. The van der Waals surface area contributed by atoms with Crippen LogP contribution in [0.5, 0.6) is 0 Å². The zero-order valence-corrected chi connectivity index (χ0v) is 47.3. The summed E-state index contributed by atoms with van der Waals surface area (Å²) in [5.41, 5.74) is 1.35. The lowest BCUT2D eigenvalue weighted by molar-refractivity contribution is -0.148. The molecule has 3 N–H and O–H groups in total. The Kier molecular flexibility index (Phi) is 23.7. The number of carbonyl (C=O) groups is 7. The second-order valence-corrected chi connectivity index (χ2v) is 21.6. The Morgan fingerprint density at radius 3 is 2.15 bits per heavy atom.